The maximum absolute atomic E-state index is 12.7. The van der Waals surface area contributed by atoms with Crippen molar-refractivity contribution < 1.29 is 8.81 Å². The Balaban J connectivity index is 2.10. The van der Waals surface area contributed by atoms with Crippen molar-refractivity contribution in [2.45, 2.75) is 12.5 Å². The fourth-order valence-corrected chi connectivity index (χ4v) is 1.69. The second-order valence-corrected chi connectivity index (χ2v) is 3.69. The Hall–Kier alpha value is -1.61. The quantitative estimate of drug-likeness (QED) is 0.855. The van der Waals surface area contributed by atoms with Crippen LogP contribution in [-0.2, 0) is 6.42 Å². The van der Waals surface area contributed by atoms with Gasteiger partial charge in [0.05, 0.1) is 12.3 Å². The maximum Gasteiger partial charge on any atom is 0.123 e. The zero-order valence-corrected chi connectivity index (χ0v) is 9.11. The van der Waals surface area contributed by atoms with Crippen LogP contribution >= 0.6 is 0 Å². The van der Waals surface area contributed by atoms with Crippen molar-refractivity contribution in [1.82, 2.24) is 5.32 Å². The highest BCUT2D eigenvalue weighted by atomic mass is 19.1. The van der Waals surface area contributed by atoms with Crippen LogP contribution in [0.3, 0.4) is 0 Å². The first-order valence-corrected chi connectivity index (χ1v) is 5.24. The molecule has 0 aliphatic heterocycles. The lowest BCUT2D eigenvalue weighted by molar-refractivity contribution is 0.429. The summed E-state index contributed by atoms with van der Waals surface area (Å²) in [6.07, 6.45) is 2.44. The average Bonchev–Trinajstić information content (AvgIpc) is 2.82. The fourth-order valence-electron chi connectivity index (χ4n) is 1.69. The van der Waals surface area contributed by atoms with E-state index in [1.54, 1.807) is 18.4 Å². The van der Waals surface area contributed by atoms with Crippen LogP contribution in [0.15, 0.2) is 47.1 Å². The zero-order chi connectivity index (χ0) is 11.4. The molecule has 2 rings (SSSR count). The Bertz CT molecular complexity index is 422. The minimum absolute atomic E-state index is 0.125. The Morgan fingerprint density at radius 3 is 2.56 bits per heavy atom. The van der Waals surface area contributed by atoms with Gasteiger partial charge in [-0.15, -0.1) is 0 Å². The molecule has 0 radical (unpaired) electrons. The van der Waals surface area contributed by atoms with E-state index in [0.717, 1.165) is 17.7 Å². The SMILES string of the molecule is CN[C@@H](Cc1ccc(F)cc1)c1ccco1. The van der Waals surface area contributed by atoms with Gasteiger partial charge in [0.1, 0.15) is 11.6 Å². The summed E-state index contributed by atoms with van der Waals surface area (Å²) in [6.45, 7) is 0. The predicted octanol–water partition coefficient (Wildman–Crippen LogP) is 2.92. The summed E-state index contributed by atoms with van der Waals surface area (Å²) in [5.74, 6) is 0.689. The molecule has 0 unspecified atom stereocenters. The van der Waals surface area contributed by atoms with Gasteiger partial charge in [-0.2, -0.15) is 0 Å². The van der Waals surface area contributed by atoms with Gasteiger partial charge in [-0.3, -0.25) is 0 Å². The van der Waals surface area contributed by atoms with E-state index in [2.05, 4.69) is 5.32 Å². The molecule has 2 aromatic rings. The monoisotopic (exact) mass is 219 g/mol. The summed E-state index contributed by atoms with van der Waals surface area (Å²) in [6, 6.07) is 10.5. The highest BCUT2D eigenvalue weighted by Gasteiger charge is 2.12. The van der Waals surface area contributed by atoms with Crippen molar-refractivity contribution in [2.75, 3.05) is 7.05 Å². The van der Waals surface area contributed by atoms with Gasteiger partial charge in [-0.05, 0) is 43.3 Å². The molecule has 3 heteroatoms. The summed E-state index contributed by atoms with van der Waals surface area (Å²) >= 11 is 0. The van der Waals surface area contributed by atoms with Gasteiger partial charge in [0.25, 0.3) is 0 Å². The molecule has 1 aromatic heterocycles. The number of rotatable bonds is 4. The lowest BCUT2D eigenvalue weighted by Gasteiger charge is -2.13. The van der Waals surface area contributed by atoms with Crippen LogP contribution in [0.1, 0.15) is 17.4 Å². The second-order valence-electron chi connectivity index (χ2n) is 3.69. The van der Waals surface area contributed by atoms with Gasteiger partial charge in [-0.1, -0.05) is 12.1 Å². The smallest absolute Gasteiger partial charge is 0.123 e. The molecule has 0 fully saturated rings. The molecule has 0 bridgehead atoms. The number of halogens is 1. The molecular weight excluding hydrogens is 205 g/mol. The minimum atomic E-state index is -0.206. The summed E-state index contributed by atoms with van der Waals surface area (Å²) in [4.78, 5) is 0. The first kappa shape index (κ1) is 10.9. The standard InChI is InChI=1S/C13H14FNO/c1-15-12(13-3-2-8-16-13)9-10-4-6-11(14)7-5-10/h2-8,12,15H,9H2,1H3/t12-/m0/s1. The third kappa shape index (κ3) is 2.49. The molecule has 1 N–H and O–H groups in total. The highest BCUT2D eigenvalue weighted by Crippen LogP contribution is 2.18. The van der Waals surface area contributed by atoms with E-state index in [1.165, 1.54) is 12.1 Å². The van der Waals surface area contributed by atoms with Crippen LogP contribution in [0, 0.1) is 5.82 Å². The van der Waals surface area contributed by atoms with Gasteiger partial charge in [-0.25, -0.2) is 4.39 Å². The third-order valence-corrected chi connectivity index (χ3v) is 2.59. The zero-order valence-electron chi connectivity index (χ0n) is 9.11. The number of hydrogen-bond acceptors (Lipinski definition) is 2. The number of likely N-dealkylation sites (N-methyl/N-ethyl adjacent to an activating group) is 1. The molecule has 0 aliphatic carbocycles. The van der Waals surface area contributed by atoms with Crippen LogP contribution in [0.2, 0.25) is 0 Å². The number of benzene rings is 1. The van der Waals surface area contributed by atoms with Gasteiger partial charge >= 0.3 is 0 Å². The van der Waals surface area contributed by atoms with E-state index in [9.17, 15) is 4.39 Å². The Kier molecular flexibility index (Phi) is 3.37. The van der Waals surface area contributed by atoms with Crippen molar-refractivity contribution in [1.29, 1.82) is 0 Å². The van der Waals surface area contributed by atoms with E-state index in [-0.39, 0.29) is 11.9 Å². The highest BCUT2D eigenvalue weighted by molar-refractivity contribution is 5.19. The molecule has 0 aliphatic rings. The van der Waals surface area contributed by atoms with Gasteiger partial charge in [0, 0.05) is 0 Å². The molecule has 0 amide bonds. The van der Waals surface area contributed by atoms with Gasteiger partial charge < -0.3 is 9.73 Å². The van der Waals surface area contributed by atoms with Crippen LogP contribution in [0.4, 0.5) is 4.39 Å². The Morgan fingerprint density at radius 2 is 2.00 bits per heavy atom. The Labute approximate surface area is 94.1 Å². The summed E-state index contributed by atoms with van der Waals surface area (Å²) in [7, 11) is 1.89. The van der Waals surface area contributed by atoms with E-state index < -0.39 is 0 Å². The van der Waals surface area contributed by atoms with Crippen LogP contribution in [-0.4, -0.2) is 7.05 Å². The molecule has 1 heterocycles. The van der Waals surface area contributed by atoms with Crippen molar-refractivity contribution >= 4 is 0 Å². The van der Waals surface area contributed by atoms with E-state index in [0.29, 0.717) is 0 Å². The number of furan rings is 1. The molecule has 1 aromatic carbocycles. The predicted molar refractivity (Wildman–Crippen MR) is 60.6 cm³/mol. The van der Waals surface area contributed by atoms with Crippen molar-refractivity contribution in [3.63, 3.8) is 0 Å². The average molecular weight is 219 g/mol. The second kappa shape index (κ2) is 4.94. The van der Waals surface area contributed by atoms with Crippen LogP contribution in [0.25, 0.3) is 0 Å². The van der Waals surface area contributed by atoms with Crippen molar-refractivity contribution in [3.05, 3.63) is 59.8 Å². The molecule has 0 saturated carbocycles. The maximum atomic E-state index is 12.7. The third-order valence-electron chi connectivity index (χ3n) is 2.59. The van der Waals surface area contributed by atoms with Gasteiger partial charge in [0.2, 0.25) is 0 Å². The van der Waals surface area contributed by atoms with Crippen LogP contribution < -0.4 is 5.32 Å². The topological polar surface area (TPSA) is 25.2 Å². The number of nitrogens with one attached hydrogen (secondary N) is 1. The van der Waals surface area contributed by atoms with E-state index >= 15 is 0 Å². The Morgan fingerprint density at radius 1 is 1.25 bits per heavy atom. The molecule has 16 heavy (non-hydrogen) atoms. The fraction of sp³-hybridized carbons (Fsp3) is 0.231. The first-order chi connectivity index (χ1) is 7.79. The molecule has 2 nitrogen and oxygen atoms in total. The summed E-state index contributed by atoms with van der Waals surface area (Å²) in [5.41, 5.74) is 1.08. The lowest BCUT2D eigenvalue weighted by Crippen LogP contribution is -2.18. The molecule has 84 valence electrons. The minimum Gasteiger partial charge on any atom is -0.468 e. The van der Waals surface area contributed by atoms with Crippen LogP contribution in [0.5, 0.6) is 0 Å². The normalized spacial score (nSPS) is 12.6. The van der Waals surface area contributed by atoms with E-state index in [1.807, 2.05) is 19.2 Å². The number of hydrogen-bond donors (Lipinski definition) is 1. The first-order valence-electron chi connectivity index (χ1n) is 5.24. The van der Waals surface area contributed by atoms with E-state index in [4.69, 9.17) is 4.42 Å². The van der Waals surface area contributed by atoms with Crippen molar-refractivity contribution in [3.8, 4) is 0 Å². The molecule has 0 saturated heterocycles. The largest absolute Gasteiger partial charge is 0.468 e. The summed E-state index contributed by atoms with van der Waals surface area (Å²) in [5, 5.41) is 3.18. The van der Waals surface area contributed by atoms with Gasteiger partial charge in [0.15, 0.2) is 0 Å². The van der Waals surface area contributed by atoms with Crippen molar-refractivity contribution in [2.24, 2.45) is 0 Å². The molecule has 0 spiro atoms. The molecular formula is C13H14FNO. The lowest BCUT2D eigenvalue weighted by atomic mass is 10.0. The summed E-state index contributed by atoms with van der Waals surface area (Å²) < 4.78 is 18.1. The molecule has 1 atom stereocenters.